The van der Waals surface area contributed by atoms with Crippen molar-refractivity contribution in [2.45, 2.75) is 4.90 Å². The van der Waals surface area contributed by atoms with Gasteiger partial charge in [-0.1, -0.05) is 0 Å². The van der Waals surface area contributed by atoms with Crippen molar-refractivity contribution in [3.63, 3.8) is 0 Å². The lowest BCUT2D eigenvalue weighted by molar-refractivity contribution is -0.384. The van der Waals surface area contributed by atoms with Crippen LogP contribution in [-0.4, -0.2) is 17.0 Å². The van der Waals surface area contributed by atoms with E-state index in [0.29, 0.717) is 11.1 Å². The Hall–Kier alpha value is -2.14. The summed E-state index contributed by atoms with van der Waals surface area (Å²) in [7, 11) is 0. The van der Waals surface area contributed by atoms with Crippen molar-refractivity contribution in [2.75, 3.05) is 6.26 Å². The van der Waals surface area contributed by atoms with Crippen LogP contribution in [0.1, 0.15) is 15.9 Å². The molecule has 1 aliphatic rings. The number of ketones is 1. The Balaban J connectivity index is 2.23. The minimum absolute atomic E-state index is 0.0509. The molecule has 19 heavy (non-hydrogen) atoms. The fraction of sp³-hybridized carbons (Fsp3) is 0.0714. The predicted octanol–water partition coefficient (Wildman–Crippen LogP) is 3.53. The van der Waals surface area contributed by atoms with Gasteiger partial charge < -0.3 is 0 Å². The molecule has 0 aliphatic heterocycles. The molecule has 3 rings (SSSR count). The van der Waals surface area contributed by atoms with E-state index < -0.39 is 4.92 Å². The average molecular weight is 271 g/mol. The Bertz CT molecular complexity index is 725. The van der Waals surface area contributed by atoms with Crippen LogP contribution < -0.4 is 0 Å². The summed E-state index contributed by atoms with van der Waals surface area (Å²) >= 11 is 1.60. The molecule has 4 nitrogen and oxygen atoms in total. The molecule has 2 aromatic rings. The number of hydrogen-bond acceptors (Lipinski definition) is 4. The van der Waals surface area contributed by atoms with Crippen LogP contribution in [0, 0.1) is 10.1 Å². The smallest absolute Gasteiger partial charge is 0.270 e. The minimum atomic E-state index is -0.482. The molecule has 0 unspecified atom stereocenters. The zero-order valence-corrected chi connectivity index (χ0v) is 10.9. The van der Waals surface area contributed by atoms with E-state index in [2.05, 4.69) is 0 Å². The quantitative estimate of drug-likeness (QED) is 0.406. The number of nitro groups is 1. The first-order valence-corrected chi connectivity index (χ1v) is 6.86. The molecule has 0 atom stereocenters. The molecular formula is C14H9NO3S. The van der Waals surface area contributed by atoms with Gasteiger partial charge in [-0.15, -0.1) is 11.8 Å². The number of carbonyl (C=O) groups is 1. The SMILES string of the molecule is CSc1ccc2c(c1)-c1ccc([N+](=O)[O-])cc1C2=O. The van der Waals surface area contributed by atoms with E-state index in [4.69, 9.17) is 0 Å². The van der Waals surface area contributed by atoms with E-state index >= 15 is 0 Å². The molecule has 0 spiro atoms. The van der Waals surface area contributed by atoms with Crippen LogP contribution >= 0.6 is 11.8 Å². The molecule has 0 saturated heterocycles. The van der Waals surface area contributed by atoms with E-state index in [-0.39, 0.29) is 11.5 Å². The van der Waals surface area contributed by atoms with Gasteiger partial charge in [-0.2, -0.15) is 0 Å². The van der Waals surface area contributed by atoms with Crippen molar-refractivity contribution in [1.29, 1.82) is 0 Å². The monoisotopic (exact) mass is 271 g/mol. The molecule has 2 aromatic carbocycles. The molecule has 5 heteroatoms. The topological polar surface area (TPSA) is 60.2 Å². The molecule has 0 aromatic heterocycles. The summed E-state index contributed by atoms with van der Waals surface area (Å²) in [4.78, 5) is 23.6. The van der Waals surface area contributed by atoms with Gasteiger partial charge in [-0.05, 0) is 41.6 Å². The van der Waals surface area contributed by atoms with Gasteiger partial charge in [0.05, 0.1) is 4.92 Å². The van der Waals surface area contributed by atoms with Crippen molar-refractivity contribution in [1.82, 2.24) is 0 Å². The second-order valence-corrected chi connectivity index (χ2v) is 5.11. The Labute approximate surface area is 113 Å². The molecule has 0 bridgehead atoms. The third kappa shape index (κ3) is 1.74. The lowest BCUT2D eigenvalue weighted by Crippen LogP contribution is -1.96. The van der Waals surface area contributed by atoms with Crippen LogP contribution in [-0.2, 0) is 0 Å². The number of rotatable bonds is 2. The highest BCUT2D eigenvalue weighted by molar-refractivity contribution is 7.98. The van der Waals surface area contributed by atoms with Gasteiger partial charge in [0.2, 0.25) is 0 Å². The third-order valence-corrected chi connectivity index (χ3v) is 3.95. The highest BCUT2D eigenvalue weighted by Gasteiger charge is 2.28. The summed E-state index contributed by atoms with van der Waals surface area (Å²) in [5.41, 5.74) is 2.63. The molecule has 0 saturated carbocycles. The number of fused-ring (bicyclic) bond motifs is 3. The lowest BCUT2D eigenvalue weighted by Gasteiger charge is -2.02. The summed E-state index contributed by atoms with van der Waals surface area (Å²) in [5, 5.41) is 10.8. The molecular weight excluding hydrogens is 262 g/mol. The van der Waals surface area contributed by atoms with E-state index in [1.807, 2.05) is 18.4 Å². The first-order valence-electron chi connectivity index (χ1n) is 5.63. The lowest BCUT2D eigenvalue weighted by atomic mass is 10.1. The highest BCUT2D eigenvalue weighted by Crippen LogP contribution is 2.39. The van der Waals surface area contributed by atoms with E-state index in [0.717, 1.165) is 16.0 Å². The van der Waals surface area contributed by atoms with Gasteiger partial charge in [0.25, 0.3) is 5.69 Å². The van der Waals surface area contributed by atoms with Crippen molar-refractivity contribution < 1.29 is 9.72 Å². The highest BCUT2D eigenvalue weighted by atomic mass is 32.2. The molecule has 0 fully saturated rings. The number of benzene rings is 2. The van der Waals surface area contributed by atoms with Crippen LogP contribution in [0.3, 0.4) is 0 Å². The zero-order valence-electron chi connectivity index (χ0n) is 10.0. The van der Waals surface area contributed by atoms with Crippen LogP contribution in [0.25, 0.3) is 11.1 Å². The standard InChI is InChI=1S/C14H9NO3S/c1-19-9-3-5-11-12(7-9)10-4-2-8(15(17)18)6-13(10)14(11)16/h2-7H,1H3. The summed E-state index contributed by atoms with van der Waals surface area (Å²) in [6, 6.07) is 10.1. The molecule has 0 heterocycles. The number of nitrogens with zero attached hydrogens (tertiary/aromatic N) is 1. The van der Waals surface area contributed by atoms with Crippen molar-refractivity contribution in [3.8, 4) is 11.1 Å². The first kappa shape index (κ1) is 11.9. The van der Waals surface area contributed by atoms with E-state index in [1.54, 1.807) is 23.9 Å². The van der Waals surface area contributed by atoms with Crippen LogP contribution in [0.5, 0.6) is 0 Å². The second kappa shape index (κ2) is 4.20. The van der Waals surface area contributed by atoms with Crippen molar-refractivity contribution in [3.05, 3.63) is 57.6 Å². The van der Waals surface area contributed by atoms with E-state index in [9.17, 15) is 14.9 Å². The zero-order chi connectivity index (χ0) is 13.6. The molecule has 0 amide bonds. The molecule has 0 N–H and O–H groups in total. The van der Waals surface area contributed by atoms with Crippen molar-refractivity contribution in [2.24, 2.45) is 0 Å². The fourth-order valence-corrected chi connectivity index (χ4v) is 2.72. The number of hydrogen-bond donors (Lipinski definition) is 0. The second-order valence-electron chi connectivity index (χ2n) is 4.23. The number of nitro benzene ring substituents is 1. The maximum Gasteiger partial charge on any atom is 0.270 e. The van der Waals surface area contributed by atoms with Crippen LogP contribution in [0.4, 0.5) is 5.69 Å². The molecule has 1 aliphatic carbocycles. The average Bonchev–Trinajstić information content (AvgIpc) is 2.71. The number of non-ortho nitro benzene ring substituents is 1. The van der Waals surface area contributed by atoms with Crippen molar-refractivity contribution >= 4 is 23.2 Å². The Morgan fingerprint density at radius 1 is 1.00 bits per heavy atom. The van der Waals surface area contributed by atoms with Gasteiger partial charge in [0.15, 0.2) is 5.78 Å². The van der Waals surface area contributed by atoms with Gasteiger partial charge in [0, 0.05) is 28.2 Å². The van der Waals surface area contributed by atoms with Gasteiger partial charge >= 0.3 is 0 Å². The predicted molar refractivity (Wildman–Crippen MR) is 73.7 cm³/mol. The summed E-state index contributed by atoms with van der Waals surface area (Å²) in [5.74, 6) is -0.138. The maximum absolute atomic E-state index is 12.2. The Morgan fingerprint density at radius 2 is 1.74 bits per heavy atom. The number of carbonyl (C=O) groups excluding carboxylic acids is 1. The fourth-order valence-electron chi connectivity index (χ4n) is 2.28. The van der Waals surface area contributed by atoms with E-state index in [1.165, 1.54) is 12.1 Å². The normalized spacial score (nSPS) is 12.2. The van der Waals surface area contributed by atoms with Gasteiger partial charge in [-0.25, -0.2) is 0 Å². The van der Waals surface area contributed by atoms with Crippen LogP contribution in [0.2, 0.25) is 0 Å². The maximum atomic E-state index is 12.2. The number of thioether (sulfide) groups is 1. The molecule has 0 radical (unpaired) electrons. The Kier molecular flexibility index (Phi) is 2.64. The molecule has 94 valence electrons. The minimum Gasteiger partial charge on any atom is -0.289 e. The summed E-state index contributed by atoms with van der Waals surface area (Å²) in [6.07, 6.45) is 1.97. The summed E-state index contributed by atoms with van der Waals surface area (Å²) in [6.45, 7) is 0. The third-order valence-electron chi connectivity index (χ3n) is 3.22. The largest absolute Gasteiger partial charge is 0.289 e. The van der Waals surface area contributed by atoms with Crippen LogP contribution in [0.15, 0.2) is 41.3 Å². The first-order chi connectivity index (χ1) is 9.11. The van der Waals surface area contributed by atoms with Gasteiger partial charge in [-0.3, -0.25) is 14.9 Å². The summed E-state index contributed by atoms with van der Waals surface area (Å²) < 4.78 is 0. The Morgan fingerprint density at radius 3 is 2.42 bits per heavy atom. The van der Waals surface area contributed by atoms with Gasteiger partial charge in [0.1, 0.15) is 0 Å².